The van der Waals surface area contributed by atoms with Crippen LogP contribution >= 0.6 is 0 Å². The van der Waals surface area contributed by atoms with Gasteiger partial charge in [0.05, 0.1) is 12.7 Å². The van der Waals surface area contributed by atoms with Crippen molar-refractivity contribution in [3.63, 3.8) is 0 Å². The van der Waals surface area contributed by atoms with E-state index < -0.39 is 0 Å². The highest BCUT2D eigenvalue weighted by atomic mass is 16.3. The molecule has 3 atom stereocenters. The Hall–Kier alpha value is -1.81. The normalized spacial score (nSPS) is 28.1. The first-order valence-corrected chi connectivity index (χ1v) is 8.20. The molecule has 114 valence electrons. The Labute approximate surface area is 132 Å². The molecule has 0 bridgehead atoms. The molecule has 1 aliphatic heterocycles. The Bertz CT molecular complexity index is 599. The maximum Gasteiger partial charge on any atom is 0.104 e. The molecule has 1 heterocycles. The molecule has 0 unspecified atom stereocenters. The Morgan fingerprint density at radius 1 is 1.14 bits per heavy atom. The number of nitrogens with zero attached hydrogens (tertiary/aromatic N) is 1. The van der Waals surface area contributed by atoms with Gasteiger partial charge in [-0.25, -0.2) is 0 Å². The van der Waals surface area contributed by atoms with Crippen LogP contribution in [0.25, 0.3) is 0 Å². The zero-order valence-electron chi connectivity index (χ0n) is 12.8. The third kappa shape index (κ3) is 3.17. The zero-order chi connectivity index (χ0) is 15.4. The fourth-order valence-corrected chi connectivity index (χ4v) is 3.48. The van der Waals surface area contributed by atoms with Gasteiger partial charge in [-0.15, -0.1) is 0 Å². The van der Waals surface area contributed by atoms with Crippen molar-refractivity contribution in [2.45, 2.75) is 50.1 Å². The first kappa shape index (κ1) is 15.1. The van der Waals surface area contributed by atoms with E-state index in [-0.39, 0.29) is 24.6 Å². The Balaban J connectivity index is 1.68. The predicted molar refractivity (Wildman–Crippen MR) is 86.0 cm³/mol. The third-order valence-corrected chi connectivity index (χ3v) is 4.84. The average molecular weight is 294 g/mol. The summed E-state index contributed by atoms with van der Waals surface area (Å²) in [6.45, 7) is 0.0616. The number of nitriles is 1. The van der Waals surface area contributed by atoms with E-state index in [1.54, 1.807) is 0 Å². The Kier molecular flexibility index (Phi) is 4.78. The first-order valence-electron chi connectivity index (χ1n) is 8.20. The summed E-state index contributed by atoms with van der Waals surface area (Å²) in [7, 11) is 0. The molecule has 2 fully saturated rings. The standard InChI is InChI=1S/C19H22N2O/c20-12-17-19(18(13-22)21-17)16-10-8-15(9-11-16)7-6-14-4-2-1-3-5-14/h8-11,14,17-19,21-22H,1-5,13H2/t17-,18-,19+/m0/s1. The lowest BCUT2D eigenvalue weighted by atomic mass is 9.78. The number of benzene rings is 1. The summed E-state index contributed by atoms with van der Waals surface area (Å²) in [6, 6.07) is 10.2. The van der Waals surface area contributed by atoms with Crippen LogP contribution in [-0.4, -0.2) is 23.8 Å². The van der Waals surface area contributed by atoms with Gasteiger partial charge in [0.2, 0.25) is 0 Å². The van der Waals surface area contributed by atoms with Gasteiger partial charge < -0.3 is 5.11 Å². The maximum absolute atomic E-state index is 9.32. The van der Waals surface area contributed by atoms with Crippen molar-refractivity contribution in [3.8, 4) is 17.9 Å². The number of aliphatic hydroxyl groups excluding tert-OH is 1. The molecule has 1 aromatic rings. The molecule has 3 nitrogen and oxygen atoms in total. The number of hydrogen-bond acceptors (Lipinski definition) is 3. The van der Waals surface area contributed by atoms with Crippen molar-refractivity contribution < 1.29 is 5.11 Å². The second-order valence-electron chi connectivity index (χ2n) is 6.31. The minimum absolute atomic E-state index is 0.0103. The van der Waals surface area contributed by atoms with Gasteiger partial charge in [0.15, 0.2) is 0 Å². The highest BCUT2D eigenvalue weighted by molar-refractivity contribution is 5.40. The Morgan fingerprint density at radius 3 is 2.50 bits per heavy atom. The SMILES string of the molecule is N#C[C@@H]1N[C@@H](CO)[C@@H]1c1ccc(C#CC2CCCCC2)cc1. The smallest absolute Gasteiger partial charge is 0.104 e. The number of nitrogens with one attached hydrogen (secondary N) is 1. The maximum atomic E-state index is 9.32. The highest BCUT2D eigenvalue weighted by Crippen LogP contribution is 2.31. The minimum Gasteiger partial charge on any atom is -0.395 e. The van der Waals surface area contributed by atoms with E-state index in [2.05, 4.69) is 23.2 Å². The van der Waals surface area contributed by atoms with Crippen LogP contribution in [0.4, 0.5) is 0 Å². The van der Waals surface area contributed by atoms with Gasteiger partial charge >= 0.3 is 0 Å². The summed E-state index contributed by atoms with van der Waals surface area (Å²) in [6.07, 6.45) is 6.45. The fourth-order valence-electron chi connectivity index (χ4n) is 3.48. The summed E-state index contributed by atoms with van der Waals surface area (Å²) in [5.74, 6) is 7.33. The third-order valence-electron chi connectivity index (χ3n) is 4.84. The molecule has 3 heteroatoms. The molecule has 1 aliphatic carbocycles. The van der Waals surface area contributed by atoms with Crippen molar-refractivity contribution in [2.24, 2.45) is 5.92 Å². The number of hydrogen-bond donors (Lipinski definition) is 2. The lowest BCUT2D eigenvalue weighted by molar-refractivity contribution is 0.151. The summed E-state index contributed by atoms with van der Waals surface area (Å²) < 4.78 is 0. The zero-order valence-corrected chi connectivity index (χ0v) is 12.8. The van der Waals surface area contributed by atoms with Crippen LogP contribution < -0.4 is 5.32 Å². The van der Waals surface area contributed by atoms with Gasteiger partial charge in [-0.3, -0.25) is 5.32 Å². The first-order chi connectivity index (χ1) is 10.8. The van der Waals surface area contributed by atoms with E-state index >= 15 is 0 Å². The van der Waals surface area contributed by atoms with Gasteiger partial charge in [-0.2, -0.15) is 5.26 Å². The van der Waals surface area contributed by atoms with Crippen LogP contribution in [0.2, 0.25) is 0 Å². The molecule has 0 spiro atoms. The molecular formula is C19H22N2O. The van der Waals surface area contributed by atoms with Crippen molar-refractivity contribution in [2.75, 3.05) is 6.61 Å². The van der Waals surface area contributed by atoms with Crippen molar-refractivity contribution in [1.82, 2.24) is 5.32 Å². The van der Waals surface area contributed by atoms with Gasteiger partial charge in [0.25, 0.3) is 0 Å². The average Bonchev–Trinajstić information content (AvgIpc) is 2.55. The van der Waals surface area contributed by atoms with E-state index in [4.69, 9.17) is 5.26 Å². The topological polar surface area (TPSA) is 56.0 Å². The molecule has 2 N–H and O–H groups in total. The van der Waals surface area contributed by atoms with Gasteiger partial charge in [0.1, 0.15) is 6.04 Å². The predicted octanol–water partition coefficient (Wildman–Crippen LogP) is 2.56. The lowest BCUT2D eigenvalue weighted by Gasteiger charge is -2.41. The molecule has 1 aromatic carbocycles. The number of rotatable bonds is 2. The molecular weight excluding hydrogens is 272 g/mol. The molecule has 22 heavy (non-hydrogen) atoms. The molecule has 1 saturated heterocycles. The fraction of sp³-hybridized carbons (Fsp3) is 0.526. The number of aliphatic hydroxyl groups is 1. The van der Waals surface area contributed by atoms with Crippen LogP contribution in [0.1, 0.15) is 49.1 Å². The van der Waals surface area contributed by atoms with E-state index in [0.29, 0.717) is 5.92 Å². The van der Waals surface area contributed by atoms with E-state index in [1.807, 2.05) is 24.3 Å². The van der Waals surface area contributed by atoms with Crippen LogP contribution in [0.15, 0.2) is 24.3 Å². The second kappa shape index (κ2) is 6.97. The minimum atomic E-state index is -0.198. The van der Waals surface area contributed by atoms with Gasteiger partial charge in [-0.05, 0) is 30.5 Å². The largest absolute Gasteiger partial charge is 0.395 e. The summed E-state index contributed by atoms with van der Waals surface area (Å²) in [5.41, 5.74) is 2.14. The summed E-state index contributed by atoms with van der Waals surface area (Å²) in [4.78, 5) is 0. The summed E-state index contributed by atoms with van der Waals surface area (Å²) in [5, 5.41) is 21.5. The molecule has 3 rings (SSSR count). The van der Waals surface area contributed by atoms with Crippen molar-refractivity contribution in [3.05, 3.63) is 35.4 Å². The van der Waals surface area contributed by atoms with Crippen LogP contribution in [0, 0.1) is 29.1 Å². The molecule has 2 aliphatic rings. The molecule has 0 amide bonds. The lowest BCUT2D eigenvalue weighted by Crippen LogP contribution is -2.60. The van der Waals surface area contributed by atoms with Crippen molar-refractivity contribution >= 4 is 0 Å². The molecule has 0 aromatic heterocycles. The van der Waals surface area contributed by atoms with Crippen LogP contribution in [-0.2, 0) is 0 Å². The van der Waals surface area contributed by atoms with E-state index in [9.17, 15) is 5.11 Å². The Morgan fingerprint density at radius 2 is 1.86 bits per heavy atom. The summed E-state index contributed by atoms with van der Waals surface area (Å²) >= 11 is 0. The molecule has 1 saturated carbocycles. The molecule has 0 radical (unpaired) electrons. The van der Waals surface area contributed by atoms with Crippen LogP contribution in [0.5, 0.6) is 0 Å². The van der Waals surface area contributed by atoms with Crippen molar-refractivity contribution in [1.29, 1.82) is 5.26 Å². The highest BCUT2D eigenvalue weighted by Gasteiger charge is 2.40. The van der Waals surface area contributed by atoms with Crippen LogP contribution in [0.3, 0.4) is 0 Å². The van der Waals surface area contributed by atoms with E-state index in [0.717, 1.165) is 11.1 Å². The quantitative estimate of drug-likeness (QED) is 0.824. The second-order valence-corrected chi connectivity index (χ2v) is 6.31. The van der Waals surface area contributed by atoms with E-state index in [1.165, 1.54) is 32.1 Å². The van der Waals surface area contributed by atoms with Gasteiger partial charge in [0, 0.05) is 23.4 Å². The monoisotopic (exact) mass is 294 g/mol. The van der Waals surface area contributed by atoms with Gasteiger partial charge in [-0.1, -0.05) is 43.2 Å².